The summed E-state index contributed by atoms with van der Waals surface area (Å²) in [4.78, 5) is 6.76. The lowest BCUT2D eigenvalue weighted by molar-refractivity contribution is 0.396. The SMILES string of the molecule is CCNC(=NCc1cccc(C#N)c1)N(C)Cc1ccccc1OC.I. The van der Waals surface area contributed by atoms with Gasteiger partial charge in [-0.1, -0.05) is 30.3 Å². The molecule has 0 amide bonds. The second-order valence-electron chi connectivity index (χ2n) is 5.65. The van der Waals surface area contributed by atoms with E-state index in [1.807, 2.05) is 50.4 Å². The fourth-order valence-electron chi connectivity index (χ4n) is 2.54. The largest absolute Gasteiger partial charge is 0.496 e. The molecule has 2 aromatic carbocycles. The Morgan fingerprint density at radius 2 is 2.00 bits per heavy atom. The lowest BCUT2D eigenvalue weighted by Gasteiger charge is -2.23. The number of hydrogen-bond acceptors (Lipinski definition) is 3. The Labute approximate surface area is 172 Å². The molecule has 6 heteroatoms. The predicted molar refractivity (Wildman–Crippen MR) is 116 cm³/mol. The lowest BCUT2D eigenvalue weighted by Crippen LogP contribution is -2.38. The standard InChI is InChI=1S/C20H24N4O.HI/c1-4-22-20(23-14-17-9-7-8-16(12-17)13-21)24(2)15-18-10-5-6-11-19(18)25-3;/h5-12H,4,14-15H2,1-3H3,(H,22,23);1H. The highest BCUT2D eigenvalue weighted by Crippen LogP contribution is 2.18. The number of hydrogen-bond donors (Lipinski definition) is 1. The molecular weight excluding hydrogens is 439 g/mol. The summed E-state index contributed by atoms with van der Waals surface area (Å²) in [7, 11) is 3.68. The van der Waals surface area contributed by atoms with Gasteiger partial charge in [0.25, 0.3) is 0 Å². The van der Waals surface area contributed by atoms with Gasteiger partial charge in [-0.3, -0.25) is 0 Å². The van der Waals surface area contributed by atoms with E-state index >= 15 is 0 Å². The molecule has 138 valence electrons. The van der Waals surface area contributed by atoms with Gasteiger partial charge in [0.1, 0.15) is 5.75 Å². The molecule has 0 bridgehead atoms. The highest BCUT2D eigenvalue weighted by molar-refractivity contribution is 14.0. The summed E-state index contributed by atoms with van der Waals surface area (Å²) in [5.41, 5.74) is 2.77. The molecule has 0 aliphatic heterocycles. The third-order valence-electron chi connectivity index (χ3n) is 3.76. The van der Waals surface area contributed by atoms with E-state index in [4.69, 9.17) is 15.0 Å². The first-order valence-electron chi connectivity index (χ1n) is 8.28. The van der Waals surface area contributed by atoms with E-state index in [-0.39, 0.29) is 24.0 Å². The van der Waals surface area contributed by atoms with Gasteiger partial charge in [0, 0.05) is 25.7 Å². The van der Waals surface area contributed by atoms with E-state index in [2.05, 4.69) is 22.4 Å². The average molecular weight is 464 g/mol. The Bertz CT molecular complexity index is 770. The van der Waals surface area contributed by atoms with Crippen molar-refractivity contribution in [2.45, 2.75) is 20.0 Å². The summed E-state index contributed by atoms with van der Waals surface area (Å²) in [6.45, 7) is 4.04. The molecule has 0 aliphatic carbocycles. The fraction of sp³-hybridized carbons (Fsp3) is 0.300. The zero-order chi connectivity index (χ0) is 18.1. The second kappa shape index (κ2) is 11.4. The average Bonchev–Trinajstić information content (AvgIpc) is 2.65. The van der Waals surface area contributed by atoms with Crippen LogP contribution in [-0.2, 0) is 13.1 Å². The van der Waals surface area contributed by atoms with Crippen LogP contribution >= 0.6 is 24.0 Å². The summed E-state index contributed by atoms with van der Waals surface area (Å²) in [5, 5.41) is 12.3. The summed E-state index contributed by atoms with van der Waals surface area (Å²) in [6.07, 6.45) is 0. The summed E-state index contributed by atoms with van der Waals surface area (Å²) < 4.78 is 5.42. The van der Waals surface area contributed by atoms with Crippen LogP contribution in [0.1, 0.15) is 23.6 Å². The Morgan fingerprint density at radius 1 is 1.23 bits per heavy atom. The highest BCUT2D eigenvalue weighted by Gasteiger charge is 2.09. The number of rotatable bonds is 6. The number of ether oxygens (including phenoxy) is 1. The van der Waals surface area contributed by atoms with Crippen LogP contribution in [-0.4, -0.2) is 31.6 Å². The third kappa shape index (κ3) is 6.23. The smallest absolute Gasteiger partial charge is 0.194 e. The molecule has 0 fully saturated rings. The highest BCUT2D eigenvalue weighted by atomic mass is 127. The molecular formula is C20H25IN4O. The van der Waals surface area contributed by atoms with Crippen LogP contribution in [0.3, 0.4) is 0 Å². The molecule has 26 heavy (non-hydrogen) atoms. The molecule has 0 unspecified atom stereocenters. The Hall–Kier alpha value is -2.27. The Balaban J connectivity index is 0.00000338. The van der Waals surface area contributed by atoms with E-state index in [9.17, 15) is 0 Å². The molecule has 0 atom stereocenters. The van der Waals surface area contributed by atoms with Crippen LogP contribution < -0.4 is 10.1 Å². The number of nitrogens with zero attached hydrogens (tertiary/aromatic N) is 3. The zero-order valence-corrected chi connectivity index (χ0v) is 17.7. The quantitative estimate of drug-likeness (QED) is 0.402. The topological polar surface area (TPSA) is 60.7 Å². The van der Waals surface area contributed by atoms with Crippen LogP contribution in [0.5, 0.6) is 5.75 Å². The first-order valence-corrected chi connectivity index (χ1v) is 8.28. The van der Waals surface area contributed by atoms with E-state index in [1.165, 1.54) is 0 Å². The Kier molecular flexibility index (Phi) is 9.52. The zero-order valence-electron chi connectivity index (χ0n) is 15.4. The van der Waals surface area contributed by atoms with Crippen molar-refractivity contribution in [2.75, 3.05) is 20.7 Å². The van der Waals surface area contributed by atoms with Gasteiger partial charge in [-0.05, 0) is 30.7 Å². The van der Waals surface area contributed by atoms with E-state index in [0.717, 1.165) is 29.4 Å². The second-order valence-corrected chi connectivity index (χ2v) is 5.65. The maximum Gasteiger partial charge on any atom is 0.194 e. The van der Waals surface area contributed by atoms with Crippen LogP contribution in [0.2, 0.25) is 0 Å². The van der Waals surface area contributed by atoms with Gasteiger partial charge in [0.15, 0.2) is 5.96 Å². The lowest BCUT2D eigenvalue weighted by atomic mass is 10.1. The number of nitriles is 1. The number of methoxy groups -OCH3 is 1. The molecule has 0 aliphatic rings. The van der Waals surface area contributed by atoms with Crippen LogP contribution in [0, 0.1) is 11.3 Å². The number of benzene rings is 2. The molecule has 0 radical (unpaired) electrons. The van der Waals surface area contributed by atoms with E-state index in [0.29, 0.717) is 18.7 Å². The Morgan fingerprint density at radius 3 is 2.69 bits per heavy atom. The minimum atomic E-state index is 0. The number of aliphatic imine (C=N–C) groups is 1. The molecule has 2 rings (SSSR count). The first-order chi connectivity index (χ1) is 12.2. The van der Waals surface area contributed by atoms with Gasteiger partial charge in [-0.15, -0.1) is 24.0 Å². The summed E-state index contributed by atoms with van der Waals surface area (Å²) in [6, 6.07) is 17.7. The maximum atomic E-state index is 9.01. The molecule has 5 nitrogen and oxygen atoms in total. The summed E-state index contributed by atoms with van der Waals surface area (Å²) >= 11 is 0. The van der Waals surface area contributed by atoms with Gasteiger partial charge in [-0.2, -0.15) is 5.26 Å². The van der Waals surface area contributed by atoms with Gasteiger partial charge in [0.2, 0.25) is 0 Å². The van der Waals surface area contributed by atoms with Gasteiger partial charge < -0.3 is 15.0 Å². The van der Waals surface area contributed by atoms with Crippen molar-refractivity contribution in [3.63, 3.8) is 0 Å². The van der Waals surface area contributed by atoms with E-state index < -0.39 is 0 Å². The van der Waals surface area contributed by atoms with Crippen molar-refractivity contribution < 1.29 is 4.74 Å². The monoisotopic (exact) mass is 464 g/mol. The van der Waals surface area contributed by atoms with Gasteiger partial charge in [-0.25, -0.2) is 4.99 Å². The number of guanidine groups is 1. The minimum Gasteiger partial charge on any atom is -0.496 e. The van der Waals surface area contributed by atoms with Crippen molar-refractivity contribution in [1.82, 2.24) is 10.2 Å². The van der Waals surface area contributed by atoms with Crippen LogP contribution in [0.15, 0.2) is 53.5 Å². The molecule has 0 saturated carbocycles. The number of nitrogens with one attached hydrogen (secondary N) is 1. The minimum absolute atomic E-state index is 0. The van der Waals surface area contributed by atoms with E-state index in [1.54, 1.807) is 13.2 Å². The van der Waals surface area contributed by atoms with Crippen molar-refractivity contribution in [2.24, 2.45) is 4.99 Å². The first kappa shape index (κ1) is 21.8. The van der Waals surface area contributed by atoms with Crippen molar-refractivity contribution in [3.05, 3.63) is 65.2 Å². The molecule has 0 spiro atoms. The molecule has 0 saturated heterocycles. The number of halogens is 1. The molecule has 0 heterocycles. The van der Waals surface area contributed by atoms with Gasteiger partial charge in [0.05, 0.1) is 25.3 Å². The van der Waals surface area contributed by atoms with Gasteiger partial charge >= 0.3 is 0 Å². The van der Waals surface area contributed by atoms with Crippen LogP contribution in [0.4, 0.5) is 0 Å². The van der Waals surface area contributed by atoms with Crippen molar-refractivity contribution in [3.8, 4) is 11.8 Å². The molecule has 2 aromatic rings. The summed E-state index contributed by atoms with van der Waals surface area (Å²) in [5.74, 6) is 1.68. The molecule has 0 aromatic heterocycles. The van der Waals surface area contributed by atoms with Crippen molar-refractivity contribution in [1.29, 1.82) is 5.26 Å². The fourth-order valence-corrected chi connectivity index (χ4v) is 2.54. The normalized spacial score (nSPS) is 10.5. The van der Waals surface area contributed by atoms with Crippen LogP contribution in [0.25, 0.3) is 0 Å². The third-order valence-corrected chi connectivity index (χ3v) is 3.76. The van der Waals surface area contributed by atoms with Crippen molar-refractivity contribution >= 4 is 29.9 Å². The predicted octanol–water partition coefficient (Wildman–Crippen LogP) is 3.78. The number of para-hydroxylation sites is 1. The maximum absolute atomic E-state index is 9.01. The molecule has 1 N–H and O–H groups in total.